The molecule has 11 heteroatoms. The van der Waals surface area contributed by atoms with Gasteiger partial charge in [0.25, 0.3) is 0 Å². The quantitative estimate of drug-likeness (QED) is 0.581. The van der Waals surface area contributed by atoms with E-state index in [1.807, 2.05) is 4.57 Å². The van der Waals surface area contributed by atoms with Crippen LogP contribution in [0.2, 0.25) is 0 Å². The van der Waals surface area contributed by atoms with Crippen molar-refractivity contribution in [1.29, 1.82) is 5.26 Å². The normalized spacial score (nSPS) is 20.1. The maximum Gasteiger partial charge on any atom is 0.404 e. The molecule has 0 spiro atoms. The average Bonchev–Trinajstić information content (AvgIpc) is 3.33. The summed E-state index contributed by atoms with van der Waals surface area (Å²) in [4.78, 5) is 8.34. The first kappa shape index (κ1) is 23.2. The standard InChI is InChI=1S/C22H22F3N5O2S/c1-13-5-6-15(10-13)30-20(18(11-26)17-4-3-9-27-21(17)30)19-8-7-16(12-28-19)33(31,32)29-14(2)22(23,24)25/h3-4,7-9,12-15,29H,5-6,10H2,1-2H3/t13?,14-,15?/m1/s1. The number of pyridine rings is 2. The average molecular weight is 478 g/mol. The number of rotatable bonds is 5. The van der Waals surface area contributed by atoms with E-state index in [-0.39, 0.29) is 6.04 Å². The van der Waals surface area contributed by atoms with Gasteiger partial charge in [-0.25, -0.2) is 13.4 Å². The highest BCUT2D eigenvalue weighted by atomic mass is 32.2. The van der Waals surface area contributed by atoms with Crippen molar-refractivity contribution in [3.8, 4) is 17.5 Å². The lowest BCUT2D eigenvalue weighted by Gasteiger charge is -2.18. The smallest absolute Gasteiger partial charge is 0.320 e. The van der Waals surface area contributed by atoms with Crippen LogP contribution in [0.4, 0.5) is 13.2 Å². The monoisotopic (exact) mass is 477 g/mol. The topological polar surface area (TPSA) is 101 Å². The second-order valence-corrected chi connectivity index (χ2v) is 10.1. The molecule has 0 amide bonds. The molecule has 3 atom stereocenters. The van der Waals surface area contributed by atoms with Crippen LogP contribution < -0.4 is 4.72 Å². The minimum Gasteiger partial charge on any atom is -0.320 e. The van der Waals surface area contributed by atoms with Crippen molar-refractivity contribution in [3.05, 3.63) is 42.2 Å². The molecule has 33 heavy (non-hydrogen) atoms. The number of sulfonamides is 1. The summed E-state index contributed by atoms with van der Waals surface area (Å²) in [6.07, 6.45) is 0.795. The molecule has 1 N–H and O–H groups in total. The van der Waals surface area contributed by atoms with Crippen molar-refractivity contribution in [3.63, 3.8) is 0 Å². The molecule has 3 aromatic rings. The van der Waals surface area contributed by atoms with Gasteiger partial charge in [0.15, 0.2) is 0 Å². The fourth-order valence-corrected chi connectivity index (χ4v) is 5.49. The van der Waals surface area contributed by atoms with Gasteiger partial charge in [0.1, 0.15) is 22.7 Å². The van der Waals surface area contributed by atoms with Gasteiger partial charge in [0.05, 0.1) is 17.0 Å². The van der Waals surface area contributed by atoms with Crippen molar-refractivity contribution < 1.29 is 21.6 Å². The van der Waals surface area contributed by atoms with Crippen LogP contribution in [0.1, 0.15) is 44.7 Å². The number of hydrogen-bond donors (Lipinski definition) is 1. The van der Waals surface area contributed by atoms with Crippen LogP contribution in [-0.4, -0.2) is 35.2 Å². The van der Waals surface area contributed by atoms with E-state index in [0.29, 0.717) is 33.9 Å². The van der Waals surface area contributed by atoms with Gasteiger partial charge in [0, 0.05) is 23.8 Å². The van der Waals surface area contributed by atoms with Gasteiger partial charge >= 0.3 is 6.18 Å². The third-order valence-corrected chi connectivity index (χ3v) is 7.54. The lowest BCUT2D eigenvalue weighted by molar-refractivity contribution is -0.147. The van der Waals surface area contributed by atoms with Gasteiger partial charge in [0.2, 0.25) is 10.0 Å². The third kappa shape index (κ3) is 4.32. The highest BCUT2D eigenvalue weighted by Crippen LogP contribution is 2.42. The summed E-state index contributed by atoms with van der Waals surface area (Å²) >= 11 is 0. The summed E-state index contributed by atoms with van der Waals surface area (Å²) in [5.41, 5.74) is 1.92. The van der Waals surface area contributed by atoms with Crippen LogP contribution >= 0.6 is 0 Å². The van der Waals surface area contributed by atoms with Crippen molar-refractivity contribution in [2.24, 2.45) is 5.92 Å². The molecule has 0 saturated heterocycles. The van der Waals surface area contributed by atoms with Gasteiger partial charge in [-0.15, -0.1) is 0 Å². The molecule has 1 aliphatic rings. The Hall–Kier alpha value is -2.97. The van der Waals surface area contributed by atoms with E-state index in [9.17, 15) is 26.9 Å². The molecule has 174 valence electrons. The number of fused-ring (bicyclic) bond motifs is 1. The molecular weight excluding hydrogens is 455 g/mol. The number of nitriles is 1. The fraction of sp³-hybridized carbons (Fsp3) is 0.409. The van der Waals surface area contributed by atoms with E-state index in [2.05, 4.69) is 23.0 Å². The summed E-state index contributed by atoms with van der Waals surface area (Å²) in [6.45, 7) is 2.89. The number of hydrogen-bond acceptors (Lipinski definition) is 5. The summed E-state index contributed by atoms with van der Waals surface area (Å²) in [5, 5.41) is 10.6. The Morgan fingerprint density at radius 1 is 1.24 bits per heavy atom. The van der Waals surface area contributed by atoms with Crippen LogP contribution in [0.15, 0.2) is 41.6 Å². The summed E-state index contributed by atoms with van der Waals surface area (Å²) in [6, 6.07) is 6.24. The van der Waals surface area contributed by atoms with E-state index >= 15 is 0 Å². The Bertz CT molecular complexity index is 1330. The van der Waals surface area contributed by atoms with Crippen LogP contribution in [0.25, 0.3) is 22.4 Å². The predicted octanol–water partition coefficient (Wildman–Crippen LogP) is 4.56. The van der Waals surface area contributed by atoms with E-state index in [1.54, 1.807) is 23.1 Å². The fourth-order valence-electron chi connectivity index (χ4n) is 4.32. The van der Waals surface area contributed by atoms with Gasteiger partial charge in [-0.1, -0.05) is 6.92 Å². The maximum atomic E-state index is 12.8. The Morgan fingerprint density at radius 2 is 2.00 bits per heavy atom. The molecule has 2 unspecified atom stereocenters. The zero-order valence-corrected chi connectivity index (χ0v) is 18.8. The lowest BCUT2D eigenvalue weighted by Crippen LogP contribution is -2.42. The molecule has 1 saturated carbocycles. The highest BCUT2D eigenvalue weighted by molar-refractivity contribution is 7.89. The lowest BCUT2D eigenvalue weighted by atomic mass is 10.1. The number of nitrogens with zero attached hydrogens (tertiary/aromatic N) is 4. The van der Waals surface area contributed by atoms with Crippen LogP contribution in [-0.2, 0) is 10.0 Å². The second kappa shape index (κ2) is 8.43. The molecular formula is C22H22F3N5O2S. The molecule has 0 radical (unpaired) electrons. The summed E-state index contributed by atoms with van der Waals surface area (Å²) in [5.74, 6) is 0.511. The molecule has 0 aromatic carbocycles. The van der Waals surface area contributed by atoms with E-state index in [1.165, 1.54) is 12.1 Å². The Morgan fingerprint density at radius 3 is 2.58 bits per heavy atom. The molecule has 0 aliphatic heterocycles. The Balaban J connectivity index is 1.79. The van der Waals surface area contributed by atoms with Crippen LogP contribution in [0.3, 0.4) is 0 Å². The zero-order chi connectivity index (χ0) is 24.0. The predicted molar refractivity (Wildman–Crippen MR) is 116 cm³/mol. The first-order valence-electron chi connectivity index (χ1n) is 10.5. The largest absolute Gasteiger partial charge is 0.404 e. The third-order valence-electron chi connectivity index (χ3n) is 6.02. The van der Waals surface area contributed by atoms with Crippen molar-refractivity contribution >= 4 is 21.1 Å². The minimum absolute atomic E-state index is 0.106. The number of aromatic nitrogens is 3. The minimum atomic E-state index is -4.71. The van der Waals surface area contributed by atoms with Gasteiger partial charge in [-0.05, 0) is 56.4 Å². The van der Waals surface area contributed by atoms with E-state index < -0.39 is 27.1 Å². The van der Waals surface area contributed by atoms with E-state index in [0.717, 1.165) is 32.4 Å². The van der Waals surface area contributed by atoms with Crippen molar-refractivity contribution in [2.75, 3.05) is 0 Å². The molecule has 3 heterocycles. The first-order chi connectivity index (χ1) is 15.5. The molecule has 4 rings (SSSR count). The van der Waals surface area contributed by atoms with Gasteiger partial charge in [-0.3, -0.25) is 4.98 Å². The Kier molecular flexibility index (Phi) is 5.92. The zero-order valence-electron chi connectivity index (χ0n) is 18.0. The first-order valence-corrected chi connectivity index (χ1v) is 12.0. The van der Waals surface area contributed by atoms with Crippen LogP contribution in [0.5, 0.6) is 0 Å². The van der Waals surface area contributed by atoms with Crippen molar-refractivity contribution in [1.82, 2.24) is 19.3 Å². The molecule has 1 aliphatic carbocycles. The second-order valence-electron chi connectivity index (χ2n) is 8.42. The maximum absolute atomic E-state index is 12.8. The highest BCUT2D eigenvalue weighted by Gasteiger charge is 2.39. The van der Waals surface area contributed by atoms with Crippen molar-refractivity contribution in [2.45, 2.75) is 56.3 Å². The number of halogens is 3. The molecule has 3 aromatic heterocycles. The van der Waals surface area contributed by atoms with Gasteiger partial charge in [-0.2, -0.15) is 23.2 Å². The molecule has 7 nitrogen and oxygen atoms in total. The van der Waals surface area contributed by atoms with Crippen LogP contribution in [0, 0.1) is 17.2 Å². The molecule has 1 fully saturated rings. The number of alkyl halides is 3. The SMILES string of the molecule is CC1CCC(n2c(-c3ccc(S(=O)(=O)N[C@H](C)C(F)(F)F)cn3)c(C#N)c3cccnc32)C1. The van der Waals surface area contributed by atoms with Gasteiger partial charge < -0.3 is 4.57 Å². The number of nitrogens with one attached hydrogen (secondary N) is 1. The Labute approximate surface area is 189 Å². The summed E-state index contributed by atoms with van der Waals surface area (Å²) in [7, 11) is -4.43. The molecule has 0 bridgehead atoms. The summed E-state index contributed by atoms with van der Waals surface area (Å²) < 4.78 is 66.8. The van der Waals surface area contributed by atoms with E-state index in [4.69, 9.17) is 0 Å².